The van der Waals surface area contributed by atoms with Gasteiger partial charge in [-0.05, 0) is 35.9 Å². The average Bonchev–Trinajstić information content (AvgIpc) is 2.53. The quantitative estimate of drug-likeness (QED) is 0.788. The van der Waals surface area contributed by atoms with Crippen LogP contribution in [-0.2, 0) is 9.59 Å². The number of nitrogens with one attached hydrogen (secondary N) is 2. The largest absolute Gasteiger partial charge is 0.497 e. The van der Waals surface area contributed by atoms with Gasteiger partial charge in [0.2, 0.25) is 11.8 Å². The monoisotopic (exact) mass is 380 g/mol. The summed E-state index contributed by atoms with van der Waals surface area (Å²) in [6.07, 6.45) is 0.0655. The molecule has 0 fully saturated rings. The van der Waals surface area contributed by atoms with Crippen LogP contribution in [0.2, 0.25) is 10.0 Å². The summed E-state index contributed by atoms with van der Waals surface area (Å²) in [6.45, 7) is 1.41. The van der Waals surface area contributed by atoms with Gasteiger partial charge in [-0.15, -0.1) is 0 Å². The van der Waals surface area contributed by atoms with E-state index in [0.29, 0.717) is 21.5 Å². The van der Waals surface area contributed by atoms with Crippen molar-refractivity contribution >= 4 is 40.7 Å². The Labute approximate surface area is 156 Å². The average molecular weight is 381 g/mol. The molecule has 0 spiro atoms. The van der Waals surface area contributed by atoms with E-state index in [1.165, 1.54) is 6.92 Å². The fourth-order valence-electron chi connectivity index (χ4n) is 2.36. The molecule has 132 valence electrons. The van der Waals surface area contributed by atoms with Crippen molar-refractivity contribution in [3.8, 4) is 5.75 Å². The van der Waals surface area contributed by atoms with Crippen LogP contribution < -0.4 is 15.4 Å². The maximum atomic E-state index is 12.4. The number of methoxy groups -OCH3 is 1. The van der Waals surface area contributed by atoms with Crippen LogP contribution in [0, 0.1) is 0 Å². The number of hydrogen-bond acceptors (Lipinski definition) is 3. The van der Waals surface area contributed by atoms with Crippen LogP contribution >= 0.6 is 23.2 Å². The Morgan fingerprint density at radius 3 is 2.20 bits per heavy atom. The molecular weight excluding hydrogens is 363 g/mol. The van der Waals surface area contributed by atoms with Crippen molar-refractivity contribution in [1.82, 2.24) is 5.32 Å². The van der Waals surface area contributed by atoms with Gasteiger partial charge in [0.15, 0.2) is 0 Å². The first kappa shape index (κ1) is 19.1. The van der Waals surface area contributed by atoms with Gasteiger partial charge in [-0.1, -0.05) is 35.3 Å². The van der Waals surface area contributed by atoms with Crippen LogP contribution in [0.5, 0.6) is 5.75 Å². The van der Waals surface area contributed by atoms with Gasteiger partial charge in [-0.25, -0.2) is 0 Å². The molecule has 0 aliphatic carbocycles. The highest BCUT2D eigenvalue weighted by Gasteiger charge is 2.17. The van der Waals surface area contributed by atoms with Crippen molar-refractivity contribution in [3.63, 3.8) is 0 Å². The van der Waals surface area contributed by atoms with E-state index in [0.717, 1.165) is 5.56 Å². The SMILES string of the molecule is COc1ccc(C(CC(=O)Nc2cc(Cl)cc(Cl)c2)NC(C)=O)cc1. The molecule has 0 heterocycles. The van der Waals surface area contributed by atoms with E-state index in [-0.39, 0.29) is 18.2 Å². The van der Waals surface area contributed by atoms with Crippen LogP contribution in [0.25, 0.3) is 0 Å². The van der Waals surface area contributed by atoms with Crippen LogP contribution in [0.4, 0.5) is 5.69 Å². The highest BCUT2D eigenvalue weighted by molar-refractivity contribution is 6.35. The molecule has 0 aliphatic rings. The van der Waals surface area contributed by atoms with E-state index in [4.69, 9.17) is 27.9 Å². The summed E-state index contributed by atoms with van der Waals surface area (Å²) < 4.78 is 5.12. The molecule has 0 aliphatic heterocycles. The fraction of sp³-hybridized carbons (Fsp3) is 0.222. The van der Waals surface area contributed by atoms with Gasteiger partial charge >= 0.3 is 0 Å². The van der Waals surface area contributed by atoms with Crippen molar-refractivity contribution in [2.75, 3.05) is 12.4 Å². The summed E-state index contributed by atoms with van der Waals surface area (Å²) in [4.78, 5) is 23.8. The molecule has 2 aromatic carbocycles. The molecule has 0 radical (unpaired) electrons. The smallest absolute Gasteiger partial charge is 0.226 e. The first-order chi connectivity index (χ1) is 11.9. The molecular formula is C18H18Cl2N2O3. The van der Waals surface area contributed by atoms with Crippen LogP contribution in [0.15, 0.2) is 42.5 Å². The third-order valence-corrected chi connectivity index (χ3v) is 3.87. The second-order valence-electron chi connectivity index (χ2n) is 5.44. The molecule has 7 heteroatoms. The number of hydrogen-bond donors (Lipinski definition) is 2. The zero-order chi connectivity index (χ0) is 18.4. The number of rotatable bonds is 6. The van der Waals surface area contributed by atoms with Crippen molar-refractivity contribution in [3.05, 3.63) is 58.1 Å². The van der Waals surface area contributed by atoms with E-state index in [1.807, 2.05) is 12.1 Å². The predicted molar refractivity (Wildman–Crippen MR) is 99.3 cm³/mol. The second-order valence-corrected chi connectivity index (χ2v) is 6.31. The Kier molecular flexibility index (Phi) is 6.67. The van der Waals surface area contributed by atoms with Crippen LogP contribution in [-0.4, -0.2) is 18.9 Å². The molecule has 0 saturated carbocycles. The molecule has 1 atom stereocenters. The van der Waals surface area contributed by atoms with Gasteiger partial charge in [-0.3, -0.25) is 9.59 Å². The molecule has 2 amide bonds. The topological polar surface area (TPSA) is 67.4 Å². The van der Waals surface area contributed by atoms with E-state index < -0.39 is 6.04 Å². The van der Waals surface area contributed by atoms with Crippen LogP contribution in [0.3, 0.4) is 0 Å². The van der Waals surface area contributed by atoms with Crippen molar-refractivity contribution in [1.29, 1.82) is 0 Å². The van der Waals surface area contributed by atoms with Crippen molar-refractivity contribution < 1.29 is 14.3 Å². The number of halogens is 2. The zero-order valence-electron chi connectivity index (χ0n) is 13.8. The number of amides is 2. The zero-order valence-corrected chi connectivity index (χ0v) is 15.3. The minimum absolute atomic E-state index is 0.0655. The van der Waals surface area contributed by atoms with Crippen molar-refractivity contribution in [2.24, 2.45) is 0 Å². The van der Waals surface area contributed by atoms with Gasteiger partial charge in [-0.2, -0.15) is 0 Å². The Morgan fingerprint density at radius 2 is 1.68 bits per heavy atom. The van der Waals surface area contributed by atoms with Crippen LogP contribution in [0.1, 0.15) is 24.9 Å². The Morgan fingerprint density at radius 1 is 1.08 bits per heavy atom. The molecule has 2 rings (SSSR count). The van der Waals surface area contributed by atoms with Gasteiger partial charge in [0, 0.05) is 22.7 Å². The first-order valence-electron chi connectivity index (χ1n) is 7.54. The highest BCUT2D eigenvalue weighted by Crippen LogP contribution is 2.24. The fourth-order valence-corrected chi connectivity index (χ4v) is 2.88. The van der Waals surface area contributed by atoms with Gasteiger partial charge in [0.05, 0.1) is 19.6 Å². The lowest BCUT2D eigenvalue weighted by Crippen LogP contribution is -2.29. The maximum Gasteiger partial charge on any atom is 0.226 e. The third-order valence-electron chi connectivity index (χ3n) is 3.43. The molecule has 2 aromatic rings. The summed E-state index contributed by atoms with van der Waals surface area (Å²) in [5.74, 6) is 0.204. The highest BCUT2D eigenvalue weighted by atomic mass is 35.5. The lowest BCUT2D eigenvalue weighted by Gasteiger charge is -2.18. The van der Waals surface area contributed by atoms with E-state index in [1.54, 1.807) is 37.4 Å². The van der Waals surface area contributed by atoms with E-state index in [2.05, 4.69) is 10.6 Å². The Hall–Kier alpha value is -2.24. The van der Waals surface area contributed by atoms with Gasteiger partial charge in [0.25, 0.3) is 0 Å². The summed E-state index contributed by atoms with van der Waals surface area (Å²) in [5, 5.41) is 6.37. The lowest BCUT2D eigenvalue weighted by atomic mass is 10.0. The predicted octanol–water partition coefficient (Wildman–Crippen LogP) is 4.21. The molecule has 0 aromatic heterocycles. The van der Waals surface area contributed by atoms with Gasteiger partial charge in [0.1, 0.15) is 5.75 Å². The summed E-state index contributed by atoms with van der Waals surface area (Å²) in [5.41, 5.74) is 1.30. The Bertz CT molecular complexity index is 743. The van der Waals surface area contributed by atoms with Crippen molar-refractivity contribution in [2.45, 2.75) is 19.4 Å². The molecule has 1 unspecified atom stereocenters. The second kappa shape index (κ2) is 8.74. The van der Waals surface area contributed by atoms with E-state index >= 15 is 0 Å². The minimum Gasteiger partial charge on any atom is -0.497 e. The number of ether oxygens (including phenoxy) is 1. The standard InChI is InChI=1S/C18H18Cl2N2O3/c1-11(23)21-17(12-3-5-16(25-2)6-4-12)10-18(24)22-15-8-13(19)7-14(20)9-15/h3-9,17H,10H2,1-2H3,(H,21,23)(H,22,24). The summed E-state index contributed by atoms with van der Waals surface area (Å²) in [6, 6.07) is 11.5. The van der Waals surface area contributed by atoms with E-state index in [9.17, 15) is 9.59 Å². The summed E-state index contributed by atoms with van der Waals surface area (Å²) in [7, 11) is 1.57. The maximum absolute atomic E-state index is 12.4. The summed E-state index contributed by atoms with van der Waals surface area (Å²) >= 11 is 11.9. The molecule has 0 bridgehead atoms. The molecule has 25 heavy (non-hydrogen) atoms. The number of anilines is 1. The molecule has 5 nitrogen and oxygen atoms in total. The first-order valence-corrected chi connectivity index (χ1v) is 8.30. The number of carbonyl (C=O) groups is 2. The van der Waals surface area contributed by atoms with Gasteiger partial charge < -0.3 is 15.4 Å². The Balaban J connectivity index is 2.12. The third kappa shape index (κ3) is 5.96. The lowest BCUT2D eigenvalue weighted by molar-refractivity contribution is -0.120. The normalized spacial score (nSPS) is 11.5. The molecule has 2 N–H and O–H groups in total. The minimum atomic E-state index is -0.460. The number of carbonyl (C=O) groups excluding carboxylic acids is 2. The number of benzene rings is 2. The molecule has 0 saturated heterocycles.